The number of Topliss-reactive ketones (excluding diaryl/α,β-unsaturated/α-hetero) is 1. The van der Waals surface area contributed by atoms with Gasteiger partial charge in [-0.2, -0.15) is 0 Å². The van der Waals surface area contributed by atoms with Crippen molar-refractivity contribution < 1.29 is 23.4 Å². The highest BCUT2D eigenvalue weighted by Gasteiger charge is 2.21. The molecule has 4 aromatic rings. The molecule has 9 heteroatoms. The largest absolute Gasteiger partial charge is 0.453 e. The molecule has 6 rings (SSSR count). The number of ether oxygens (including phenoxy) is 3. The first-order chi connectivity index (χ1) is 17.6. The molecule has 0 unspecified atom stereocenters. The summed E-state index contributed by atoms with van der Waals surface area (Å²) in [5.74, 6) is 0.650. The number of nitrogens with zero attached hydrogens (tertiary/aromatic N) is 2. The molecule has 1 N–H and O–H groups in total. The predicted octanol–water partition coefficient (Wildman–Crippen LogP) is 5.06. The Balaban J connectivity index is 1.19. The van der Waals surface area contributed by atoms with E-state index in [0.717, 1.165) is 39.4 Å². The first-order valence-electron chi connectivity index (χ1n) is 11.9. The van der Waals surface area contributed by atoms with Gasteiger partial charge in [0.2, 0.25) is 0 Å². The molecule has 0 saturated carbocycles. The molecule has 0 aliphatic carbocycles. The fourth-order valence-electron chi connectivity index (χ4n) is 4.33. The molecule has 0 radical (unpaired) electrons. The van der Waals surface area contributed by atoms with Crippen molar-refractivity contribution in [1.82, 2.24) is 15.3 Å². The standard InChI is InChI=1S/C27H24FN3O4S/c28-20-11-16(9-19(32)10-17-13-29-14-17)1-4-23(20)35-24-5-6-30-22-12-25(36-26(22)24)21-3-2-18(15-31-21)27-33-7-8-34-27/h1-6,11-12,15,17,27,29H,7-10,13-14H2. The molecule has 0 atom stereocenters. The zero-order valence-electron chi connectivity index (χ0n) is 19.4. The third kappa shape index (κ3) is 4.87. The van der Waals surface area contributed by atoms with E-state index >= 15 is 0 Å². The number of benzene rings is 1. The number of rotatable bonds is 8. The lowest BCUT2D eigenvalue weighted by Gasteiger charge is -2.26. The minimum absolute atomic E-state index is 0.107. The Bertz CT molecular complexity index is 1400. The van der Waals surface area contributed by atoms with Crippen molar-refractivity contribution in [2.75, 3.05) is 26.3 Å². The lowest BCUT2D eigenvalue weighted by atomic mass is 9.94. The van der Waals surface area contributed by atoms with Crippen molar-refractivity contribution >= 4 is 27.3 Å². The van der Waals surface area contributed by atoms with Crippen LogP contribution in [-0.4, -0.2) is 42.1 Å². The second kappa shape index (κ2) is 10.0. The molecule has 2 aliphatic heterocycles. The summed E-state index contributed by atoms with van der Waals surface area (Å²) in [6.45, 7) is 2.92. The van der Waals surface area contributed by atoms with E-state index in [1.54, 1.807) is 30.6 Å². The van der Waals surface area contributed by atoms with E-state index < -0.39 is 5.82 Å². The lowest BCUT2D eigenvalue weighted by Crippen LogP contribution is -2.43. The summed E-state index contributed by atoms with van der Waals surface area (Å²) in [7, 11) is 0. The summed E-state index contributed by atoms with van der Waals surface area (Å²) in [5, 5.41) is 3.16. The van der Waals surface area contributed by atoms with Crippen LogP contribution in [0.5, 0.6) is 11.5 Å². The SMILES string of the molecule is O=C(Cc1ccc(Oc2ccnc3cc(-c4ccc(C5OCCO5)cn4)sc23)c(F)c1)CC1CNC1. The van der Waals surface area contributed by atoms with E-state index in [9.17, 15) is 9.18 Å². The van der Waals surface area contributed by atoms with Crippen molar-refractivity contribution in [3.05, 3.63) is 71.8 Å². The number of hydrogen-bond acceptors (Lipinski definition) is 8. The highest BCUT2D eigenvalue weighted by Crippen LogP contribution is 2.39. The number of fused-ring (bicyclic) bond motifs is 1. The normalized spacial score (nSPS) is 16.4. The lowest BCUT2D eigenvalue weighted by molar-refractivity contribution is -0.119. The number of halogens is 1. The Kier molecular flexibility index (Phi) is 6.45. The van der Waals surface area contributed by atoms with Gasteiger partial charge in [0.1, 0.15) is 11.5 Å². The van der Waals surface area contributed by atoms with E-state index in [1.165, 1.54) is 17.4 Å². The third-order valence-corrected chi connectivity index (χ3v) is 7.47. The topological polar surface area (TPSA) is 82.6 Å². The molecular formula is C27H24FN3O4S. The number of pyridine rings is 2. The molecule has 1 aromatic carbocycles. The molecule has 2 saturated heterocycles. The zero-order valence-corrected chi connectivity index (χ0v) is 20.2. The second-order valence-electron chi connectivity index (χ2n) is 9.00. The summed E-state index contributed by atoms with van der Waals surface area (Å²) in [5.41, 5.74) is 3.07. The van der Waals surface area contributed by atoms with Gasteiger partial charge >= 0.3 is 0 Å². The summed E-state index contributed by atoms with van der Waals surface area (Å²) >= 11 is 1.48. The Morgan fingerprint density at radius 2 is 1.94 bits per heavy atom. The molecule has 7 nitrogen and oxygen atoms in total. The van der Waals surface area contributed by atoms with Crippen LogP contribution in [0.3, 0.4) is 0 Å². The monoisotopic (exact) mass is 505 g/mol. The summed E-state index contributed by atoms with van der Waals surface area (Å²) < 4.78 is 32.7. The number of hydrogen-bond donors (Lipinski definition) is 1. The van der Waals surface area contributed by atoms with Gasteiger partial charge in [-0.15, -0.1) is 11.3 Å². The van der Waals surface area contributed by atoms with Gasteiger partial charge in [0.15, 0.2) is 17.9 Å². The fourth-order valence-corrected chi connectivity index (χ4v) is 5.38. The van der Waals surface area contributed by atoms with E-state index in [2.05, 4.69) is 15.3 Å². The van der Waals surface area contributed by atoms with Gasteiger partial charge in [0.05, 0.1) is 34.0 Å². The highest BCUT2D eigenvalue weighted by molar-refractivity contribution is 7.22. The van der Waals surface area contributed by atoms with Crippen LogP contribution in [0.25, 0.3) is 20.8 Å². The Morgan fingerprint density at radius 1 is 1.08 bits per heavy atom. The first kappa shape index (κ1) is 23.2. The van der Waals surface area contributed by atoms with Crippen LogP contribution in [0.1, 0.15) is 23.8 Å². The second-order valence-corrected chi connectivity index (χ2v) is 10.0. The van der Waals surface area contributed by atoms with Gasteiger partial charge < -0.3 is 19.5 Å². The predicted molar refractivity (Wildman–Crippen MR) is 134 cm³/mol. The number of carbonyl (C=O) groups is 1. The van der Waals surface area contributed by atoms with Crippen LogP contribution in [0.15, 0.2) is 54.9 Å². The molecular weight excluding hydrogens is 481 g/mol. The molecule has 36 heavy (non-hydrogen) atoms. The van der Waals surface area contributed by atoms with Crippen molar-refractivity contribution in [1.29, 1.82) is 0 Å². The average molecular weight is 506 g/mol. The molecule has 3 aromatic heterocycles. The van der Waals surface area contributed by atoms with Gasteiger partial charge in [-0.05, 0) is 48.8 Å². The molecule has 184 valence electrons. The number of carbonyl (C=O) groups excluding carboxylic acids is 1. The van der Waals surface area contributed by atoms with E-state index in [0.29, 0.717) is 36.9 Å². The van der Waals surface area contributed by atoms with Gasteiger partial charge in [0.25, 0.3) is 0 Å². The molecule has 0 amide bonds. The molecule has 2 fully saturated rings. The number of ketones is 1. The van der Waals surface area contributed by atoms with E-state index in [-0.39, 0.29) is 24.2 Å². The maximum absolute atomic E-state index is 14.9. The number of nitrogens with one attached hydrogen (secondary N) is 1. The minimum Gasteiger partial charge on any atom is -0.453 e. The molecule has 0 bridgehead atoms. The van der Waals surface area contributed by atoms with Crippen LogP contribution in [0.2, 0.25) is 0 Å². The third-order valence-electron chi connectivity index (χ3n) is 6.31. The Hall–Kier alpha value is -3.24. The number of thiophene rings is 1. The van der Waals surface area contributed by atoms with Crippen molar-refractivity contribution in [2.45, 2.75) is 19.1 Å². The zero-order chi connectivity index (χ0) is 24.5. The highest BCUT2D eigenvalue weighted by atomic mass is 32.1. The average Bonchev–Trinajstić information content (AvgIpc) is 3.54. The maximum atomic E-state index is 14.9. The fraction of sp³-hybridized carbons (Fsp3) is 0.296. The van der Waals surface area contributed by atoms with Gasteiger partial charge in [-0.1, -0.05) is 12.1 Å². The minimum atomic E-state index is -0.499. The summed E-state index contributed by atoms with van der Waals surface area (Å²) in [6.07, 6.45) is 3.79. The van der Waals surface area contributed by atoms with Gasteiger partial charge in [0, 0.05) is 36.9 Å². The van der Waals surface area contributed by atoms with E-state index in [4.69, 9.17) is 14.2 Å². The van der Waals surface area contributed by atoms with Gasteiger partial charge in [-0.3, -0.25) is 14.8 Å². The van der Waals surface area contributed by atoms with Crippen LogP contribution < -0.4 is 10.1 Å². The summed E-state index contributed by atoms with van der Waals surface area (Å²) in [4.78, 5) is 22.2. The smallest absolute Gasteiger partial charge is 0.185 e. The van der Waals surface area contributed by atoms with Crippen molar-refractivity contribution in [2.24, 2.45) is 5.92 Å². The quantitative estimate of drug-likeness (QED) is 0.359. The van der Waals surface area contributed by atoms with Crippen LogP contribution in [-0.2, 0) is 20.7 Å². The number of aromatic nitrogens is 2. The van der Waals surface area contributed by atoms with Crippen LogP contribution in [0, 0.1) is 11.7 Å². The molecule has 5 heterocycles. The van der Waals surface area contributed by atoms with Gasteiger partial charge in [-0.25, -0.2) is 4.39 Å². The maximum Gasteiger partial charge on any atom is 0.185 e. The van der Waals surface area contributed by atoms with E-state index in [1.807, 2.05) is 18.2 Å². The molecule has 0 spiro atoms. The van der Waals surface area contributed by atoms with Crippen molar-refractivity contribution in [3.63, 3.8) is 0 Å². The first-order valence-corrected chi connectivity index (χ1v) is 12.7. The van der Waals surface area contributed by atoms with Crippen LogP contribution >= 0.6 is 11.3 Å². The Morgan fingerprint density at radius 3 is 2.67 bits per heavy atom. The summed E-state index contributed by atoms with van der Waals surface area (Å²) in [6, 6.07) is 12.2. The van der Waals surface area contributed by atoms with Crippen LogP contribution in [0.4, 0.5) is 4.39 Å². The van der Waals surface area contributed by atoms with Crippen molar-refractivity contribution in [3.8, 4) is 22.1 Å². The molecule has 2 aliphatic rings. The Labute approximate surface area is 211 Å².